The molecule has 0 spiro atoms. The molecular weight excluding hydrogens is 320 g/mol. The van der Waals surface area contributed by atoms with E-state index in [0.717, 1.165) is 18.1 Å². The first-order valence-corrected chi connectivity index (χ1v) is 8.90. The highest BCUT2D eigenvalue weighted by atomic mass is 15.1. The normalized spacial score (nSPS) is 11.2. The molecule has 1 aromatic heterocycles. The Morgan fingerprint density at radius 1 is 0.962 bits per heavy atom. The summed E-state index contributed by atoms with van der Waals surface area (Å²) in [4.78, 5) is 8.86. The lowest BCUT2D eigenvalue weighted by atomic mass is 9.87. The number of aromatic nitrogens is 2. The summed E-state index contributed by atoms with van der Waals surface area (Å²) < 4.78 is 0. The van der Waals surface area contributed by atoms with E-state index in [1.54, 1.807) is 6.20 Å². The first-order chi connectivity index (χ1) is 12.4. The highest BCUT2D eigenvalue weighted by Crippen LogP contribution is 2.24. The van der Waals surface area contributed by atoms with Gasteiger partial charge in [-0.1, -0.05) is 62.7 Å². The van der Waals surface area contributed by atoms with Crippen LogP contribution >= 0.6 is 0 Å². The zero-order chi connectivity index (χ0) is 18.6. The smallest absolute Gasteiger partial charge is 0.229 e. The van der Waals surface area contributed by atoms with E-state index in [-0.39, 0.29) is 5.41 Å². The third kappa shape index (κ3) is 4.82. The molecule has 0 atom stereocenters. The maximum Gasteiger partial charge on any atom is 0.229 e. The Balaban J connectivity index is 1.65. The average molecular weight is 346 g/mol. The van der Waals surface area contributed by atoms with Crippen molar-refractivity contribution in [3.8, 4) is 0 Å². The molecule has 4 heteroatoms. The topological polar surface area (TPSA) is 49.8 Å². The molecule has 134 valence electrons. The molecule has 0 amide bonds. The Labute approximate surface area is 155 Å². The predicted molar refractivity (Wildman–Crippen MR) is 109 cm³/mol. The van der Waals surface area contributed by atoms with Crippen LogP contribution in [0.4, 0.5) is 17.5 Å². The zero-order valence-corrected chi connectivity index (χ0v) is 15.9. The molecule has 0 aliphatic carbocycles. The molecule has 0 radical (unpaired) electrons. The van der Waals surface area contributed by atoms with Gasteiger partial charge in [-0.25, -0.2) is 4.98 Å². The van der Waals surface area contributed by atoms with Crippen LogP contribution in [0.2, 0.25) is 0 Å². The number of nitrogens with one attached hydrogen (secondary N) is 2. The van der Waals surface area contributed by atoms with Crippen molar-refractivity contribution in [3.63, 3.8) is 0 Å². The highest BCUT2D eigenvalue weighted by molar-refractivity contribution is 5.55. The minimum atomic E-state index is 0.147. The van der Waals surface area contributed by atoms with E-state index in [9.17, 15) is 0 Å². The van der Waals surface area contributed by atoms with Gasteiger partial charge >= 0.3 is 0 Å². The van der Waals surface area contributed by atoms with Gasteiger partial charge in [0.15, 0.2) is 0 Å². The van der Waals surface area contributed by atoms with Gasteiger partial charge in [-0.2, -0.15) is 4.98 Å². The van der Waals surface area contributed by atoms with Gasteiger partial charge in [-0.15, -0.1) is 0 Å². The molecule has 0 saturated heterocycles. The third-order valence-corrected chi connectivity index (χ3v) is 4.22. The molecule has 3 aromatic rings. The molecule has 2 N–H and O–H groups in total. The second kappa shape index (κ2) is 7.56. The molecule has 0 aliphatic rings. The second-order valence-corrected chi connectivity index (χ2v) is 7.56. The minimum Gasteiger partial charge on any atom is -0.366 e. The van der Waals surface area contributed by atoms with E-state index >= 15 is 0 Å². The van der Waals surface area contributed by atoms with Crippen LogP contribution in [0.25, 0.3) is 0 Å². The van der Waals surface area contributed by atoms with Gasteiger partial charge in [0.2, 0.25) is 5.95 Å². The molecular formula is C22H26N4. The fourth-order valence-corrected chi connectivity index (χ4v) is 2.71. The summed E-state index contributed by atoms with van der Waals surface area (Å²) in [6.07, 6.45) is 1.76. The van der Waals surface area contributed by atoms with Gasteiger partial charge in [0.05, 0.1) is 0 Å². The Kier molecular flexibility index (Phi) is 5.21. The predicted octanol–water partition coefficient (Wildman–Crippen LogP) is 5.44. The number of anilines is 3. The van der Waals surface area contributed by atoms with Crippen molar-refractivity contribution in [2.45, 2.75) is 39.7 Å². The maximum absolute atomic E-state index is 4.54. The first kappa shape index (κ1) is 17.9. The van der Waals surface area contributed by atoms with Gasteiger partial charge < -0.3 is 10.6 Å². The molecule has 0 unspecified atom stereocenters. The van der Waals surface area contributed by atoms with Gasteiger partial charge in [0, 0.05) is 18.4 Å². The van der Waals surface area contributed by atoms with Gasteiger partial charge in [-0.3, -0.25) is 0 Å². The molecule has 3 rings (SSSR count). The number of aryl methyl sites for hydroxylation is 1. The number of hydrogen-bond donors (Lipinski definition) is 2. The maximum atomic E-state index is 4.54. The Bertz CT molecular complexity index is 864. The van der Waals surface area contributed by atoms with Crippen molar-refractivity contribution in [1.29, 1.82) is 0 Å². The minimum absolute atomic E-state index is 0.147. The van der Waals surface area contributed by atoms with Gasteiger partial charge in [0.25, 0.3) is 0 Å². The lowest BCUT2D eigenvalue weighted by Crippen LogP contribution is -2.10. The van der Waals surface area contributed by atoms with E-state index in [1.165, 1.54) is 16.7 Å². The second-order valence-electron chi connectivity index (χ2n) is 7.56. The monoisotopic (exact) mass is 346 g/mol. The largest absolute Gasteiger partial charge is 0.366 e. The van der Waals surface area contributed by atoms with Crippen molar-refractivity contribution in [2.75, 3.05) is 10.6 Å². The SMILES string of the molecule is Cc1cccc(CNc2ccnc(Nc3ccc(C(C)(C)C)cc3)n2)c1. The Morgan fingerprint density at radius 2 is 1.73 bits per heavy atom. The molecule has 0 aliphatic heterocycles. The number of rotatable bonds is 5. The number of nitrogens with zero attached hydrogens (tertiary/aromatic N) is 2. The van der Waals surface area contributed by atoms with E-state index < -0.39 is 0 Å². The summed E-state index contributed by atoms with van der Waals surface area (Å²) in [6, 6.07) is 18.7. The summed E-state index contributed by atoms with van der Waals surface area (Å²) in [5.41, 5.74) is 4.92. The molecule has 26 heavy (non-hydrogen) atoms. The van der Waals surface area contributed by atoms with Crippen LogP contribution in [0.15, 0.2) is 60.8 Å². The summed E-state index contributed by atoms with van der Waals surface area (Å²) >= 11 is 0. The van der Waals surface area contributed by atoms with Crippen molar-refractivity contribution >= 4 is 17.5 Å². The molecule has 4 nitrogen and oxygen atoms in total. The third-order valence-electron chi connectivity index (χ3n) is 4.22. The van der Waals surface area contributed by atoms with E-state index in [1.807, 2.05) is 6.07 Å². The van der Waals surface area contributed by atoms with E-state index in [2.05, 4.69) is 96.8 Å². The lowest BCUT2D eigenvalue weighted by molar-refractivity contribution is 0.590. The first-order valence-electron chi connectivity index (χ1n) is 8.90. The van der Waals surface area contributed by atoms with Gasteiger partial charge in [0.1, 0.15) is 5.82 Å². The van der Waals surface area contributed by atoms with Crippen molar-refractivity contribution in [2.24, 2.45) is 0 Å². The van der Waals surface area contributed by atoms with Crippen LogP contribution in [-0.4, -0.2) is 9.97 Å². The van der Waals surface area contributed by atoms with Crippen molar-refractivity contribution in [1.82, 2.24) is 9.97 Å². The molecule has 2 aromatic carbocycles. The summed E-state index contributed by atoms with van der Waals surface area (Å²) in [7, 11) is 0. The van der Waals surface area contributed by atoms with Crippen LogP contribution < -0.4 is 10.6 Å². The van der Waals surface area contributed by atoms with Crippen LogP contribution in [0.1, 0.15) is 37.5 Å². The summed E-state index contributed by atoms with van der Waals surface area (Å²) in [5.74, 6) is 1.39. The number of benzene rings is 2. The summed E-state index contributed by atoms with van der Waals surface area (Å²) in [5, 5.41) is 6.62. The standard InChI is InChI=1S/C22H26N4/c1-16-6-5-7-17(14-16)15-24-20-12-13-23-21(26-20)25-19-10-8-18(9-11-19)22(2,3)4/h5-14H,15H2,1-4H3,(H2,23,24,25,26). The average Bonchev–Trinajstić information content (AvgIpc) is 2.60. The van der Waals surface area contributed by atoms with Crippen LogP contribution in [0.5, 0.6) is 0 Å². The highest BCUT2D eigenvalue weighted by Gasteiger charge is 2.12. The lowest BCUT2D eigenvalue weighted by Gasteiger charge is -2.19. The zero-order valence-electron chi connectivity index (χ0n) is 15.9. The van der Waals surface area contributed by atoms with Crippen LogP contribution in [-0.2, 0) is 12.0 Å². The number of hydrogen-bond acceptors (Lipinski definition) is 4. The molecule has 0 fully saturated rings. The fraction of sp³-hybridized carbons (Fsp3) is 0.273. The fourth-order valence-electron chi connectivity index (χ4n) is 2.71. The van der Waals surface area contributed by atoms with Crippen LogP contribution in [0, 0.1) is 6.92 Å². The molecule has 1 heterocycles. The molecule has 0 saturated carbocycles. The summed E-state index contributed by atoms with van der Waals surface area (Å²) in [6.45, 7) is 9.46. The van der Waals surface area contributed by atoms with Gasteiger partial charge in [-0.05, 0) is 41.7 Å². The van der Waals surface area contributed by atoms with E-state index in [0.29, 0.717) is 5.95 Å². The molecule has 0 bridgehead atoms. The Hall–Kier alpha value is -2.88. The van der Waals surface area contributed by atoms with Crippen molar-refractivity contribution in [3.05, 3.63) is 77.5 Å². The van der Waals surface area contributed by atoms with Crippen LogP contribution in [0.3, 0.4) is 0 Å². The Morgan fingerprint density at radius 3 is 2.42 bits per heavy atom. The van der Waals surface area contributed by atoms with Crippen molar-refractivity contribution < 1.29 is 0 Å². The quantitative estimate of drug-likeness (QED) is 0.646. The van der Waals surface area contributed by atoms with E-state index in [4.69, 9.17) is 0 Å².